The first-order valence-electron chi connectivity index (χ1n) is 5.44. The molecule has 1 amide bonds. The van der Waals surface area contributed by atoms with E-state index in [1.54, 1.807) is 21.0 Å². The van der Waals surface area contributed by atoms with E-state index in [1.165, 1.54) is 22.7 Å². The number of rotatable bonds is 3. The van der Waals surface area contributed by atoms with Crippen molar-refractivity contribution in [3.8, 4) is 12.1 Å². The van der Waals surface area contributed by atoms with Crippen LogP contribution in [0.15, 0.2) is 11.1 Å². The van der Waals surface area contributed by atoms with E-state index in [0.717, 1.165) is 0 Å². The normalized spacial score (nSPS) is 11.2. The number of nitrogens with two attached hydrogens (primary N) is 1. The second-order valence-corrected chi connectivity index (χ2v) is 5.41. The van der Waals surface area contributed by atoms with Crippen LogP contribution in [0.2, 0.25) is 0 Å². The molecule has 0 aliphatic carbocycles. The number of nitrogens with one attached hydrogen (secondary N) is 1. The topological polar surface area (TPSA) is 108 Å². The van der Waals surface area contributed by atoms with E-state index >= 15 is 0 Å². The lowest BCUT2D eigenvalue weighted by Crippen LogP contribution is -2.30. The van der Waals surface area contributed by atoms with Gasteiger partial charge in [0, 0.05) is 14.1 Å². The third-order valence-electron chi connectivity index (χ3n) is 2.40. The number of carbonyl (C=O) groups excluding carboxylic acids is 1. The molecule has 0 bridgehead atoms. The fourth-order valence-electron chi connectivity index (χ4n) is 1.40. The quantitative estimate of drug-likeness (QED) is 0.804. The third kappa shape index (κ3) is 3.36. The first-order valence-corrected chi connectivity index (χ1v) is 6.32. The Kier molecular flexibility index (Phi) is 4.74. The predicted octanol–water partition coefficient (Wildman–Crippen LogP) is 0.395. The van der Waals surface area contributed by atoms with Crippen molar-refractivity contribution in [1.29, 1.82) is 10.5 Å². The average molecular weight is 276 g/mol. The van der Waals surface area contributed by atoms with E-state index in [9.17, 15) is 4.79 Å². The minimum absolute atomic E-state index is 0.0646. The molecule has 0 spiro atoms. The van der Waals surface area contributed by atoms with E-state index in [4.69, 9.17) is 16.3 Å². The van der Waals surface area contributed by atoms with Gasteiger partial charge in [-0.1, -0.05) is 11.8 Å². The summed E-state index contributed by atoms with van der Waals surface area (Å²) in [5.41, 5.74) is 6.19. The molecule has 1 rings (SSSR count). The maximum absolute atomic E-state index is 11.8. The number of anilines is 1. The summed E-state index contributed by atoms with van der Waals surface area (Å²) in [5, 5.41) is 18.0. The van der Waals surface area contributed by atoms with Gasteiger partial charge in [0.25, 0.3) is 5.82 Å². The molecule has 6 nitrogen and oxygen atoms in total. The van der Waals surface area contributed by atoms with Gasteiger partial charge in [0.2, 0.25) is 5.91 Å². The fourth-order valence-corrected chi connectivity index (χ4v) is 2.47. The Balaban J connectivity index is 3.09. The van der Waals surface area contributed by atoms with Crippen LogP contribution in [0.5, 0.6) is 0 Å². The van der Waals surface area contributed by atoms with Crippen LogP contribution in [0.4, 0.5) is 5.82 Å². The van der Waals surface area contributed by atoms with Crippen LogP contribution >= 0.6 is 11.8 Å². The van der Waals surface area contributed by atoms with Gasteiger partial charge in [0.05, 0.1) is 5.25 Å². The number of aromatic nitrogens is 1. The summed E-state index contributed by atoms with van der Waals surface area (Å²) >= 11 is 1.21. The predicted molar refractivity (Wildman–Crippen MR) is 70.9 cm³/mol. The summed E-state index contributed by atoms with van der Waals surface area (Å²) < 4.78 is 0. The summed E-state index contributed by atoms with van der Waals surface area (Å²) in [6.07, 6.45) is 0. The number of pyridine rings is 1. The number of thioether (sulfide) groups is 1. The van der Waals surface area contributed by atoms with Crippen LogP contribution in [-0.4, -0.2) is 30.2 Å². The Morgan fingerprint density at radius 1 is 1.42 bits per heavy atom. The standard InChI is InChI=1S/C12H13N5OS/c1-7(12(18)17(2)3)19-11-9(6-14)4-8(5-13)10(15)16-11/h4,7H,1-3H3,(H2,15,16)/p+1/t7-/m1/s1. The first kappa shape index (κ1) is 14.8. The number of aromatic amines is 1. The van der Waals surface area contributed by atoms with E-state index in [2.05, 4.69) is 4.98 Å². The molecule has 0 saturated heterocycles. The van der Waals surface area contributed by atoms with Crippen molar-refractivity contribution in [2.45, 2.75) is 17.2 Å². The highest BCUT2D eigenvalue weighted by Gasteiger charge is 2.22. The van der Waals surface area contributed by atoms with Gasteiger partial charge < -0.3 is 4.90 Å². The zero-order chi connectivity index (χ0) is 14.6. The monoisotopic (exact) mass is 276 g/mol. The van der Waals surface area contributed by atoms with Gasteiger partial charge >= 0.3 is 0 Å². The van der Waals surface area contributed by atoms with Crippen molar-refractivity contribution in [1.82, 2.24) is 4.90 Å². The number of hydrogen-bond acceptors (Lipinski definition) is 5. The molecule has 0 aromatic carbocycles. The van der Waals surface area contributed by atoms with E-state index in [-0.39, 0.29) is 22.5 Å². The number of nitriles is 2. The Hall–Kier alpha value is -2.25. The summed E-state index contributed by atoms with van der Waals surface area (Å²) in [5.74, 6) is 0.124. The molecule has 98 valence electrons. The minimum Gasteiger partial charge on any atom is -0.348 e. The molecule has 0 fully saturated rings. The molecule has 0 aliphatic heterocycles. The number of nitrogen functional groups attached to an aromatic ring is 1. The maximum Gasteiger partial charge on any atom is 0.289 e. The highest BCUT2D eigenvalue weighted by molar-refractivity contribution is 8.00. The fraction of sp³-hybridized carbons (Fsp3) is 0.333. The number of carbonyl (C=O) groups is 1. The Morgan fingerprint density at radius 3 is 2.47 bits per heavy atom. The Bertz CT molecular complexity index is 585. The lowest BCUT2D eigenvalue weighted by atomic mass is 10.2. The van der Waals surface area contributed by atoms with Crippen LogP contribution < -0.4 is 10.7 Å². The molecule has 1 heterocycles. The second kappa shape index (κ2) is 6.07. The highest BCUT2D eigenvalue weighted by Crippen LogP contribution is 2.25. The van der Waals surface area contributed by atoms with Gasteiger partial charge in [0.1, 0.15) is 23.3 Å². The molecule has 3 N–H and O–H groups in total. The summed E-state index contributed by atoms with van der Waals surface area (Å²) in [4.78, 5) is 16.1. The molecule has 19 heavy (non-hydrogen) atoms. The maximum atomic E-state index is 11.8. The van der Waals surface area contributed by atoms with Crippen molar-refractivity contribution in [2.75, 3.05) is 19.8 Å². The van der Waals surface area contributed by atoms with Crippen LogP contribution in [-0.2, 0) is 4.79 Å². The number of hydrogen-bond donors (Lipinski definition) is 1. The van der Waals surface area contributed by atoms with Gasteiger partial charge in [-0.2, -0.15) is 10.5 Å². The van der Waals surface area contributed by atoms with E-state index < -0.39 is 0 Å². The lowest BCUT2D eigenvalue weighted by molar-refractivity contribution is -0.410. The van der Waals surface area contributed by atoms with Crippen LogP contribution in [0.1, 0.15) is 18.1 Å². The van der Waals surface area contributed by atoms with Crippen molar-refractivity contribution >= 4 is 23.5 Å². The minimum atomic E-state index is -0.356. The van der Waals surface area contributed by atoms with Gasteiger partial charge in [-0.05, 0) is 13.0 Å². The average Bonchev–Trinajstić information content (AvgIpc) is 2.37. The molecule has 0 radical (unpaired) electrons. The van der Waals surface area contributed by atoms with Crippen molar-refractivity contribution < 1.29 is 9.78 Å². The molecule has 1 aromatic heterocycles. The largest absolute Gasteiger partial charge is 0.348 e. The highest BCUT2D eigenvalue weighted by atomic mass is 32.2. The van der Waals surface area contributed by atoms with Crippen molar-refractivity contribution in [2.24, 2.45) is 0 Å². The SMILES string of the molecule is C[C@@H](Sc1[nH+]c(N)c(C#N)cc1C#N)C(=O)N(C)C. The number of nitrogens with zero attached hydrogens (tertiary/aromatic N) is 3. The Labute approximate surface area is 115 Å². The molecule has 0 unspecified atom stereocenters. The molecule has 1 aromatic rings. The summed E-state index contributed by atoms with van der Waals surface area (Å²) in [6.45, 7) is 1.75. The van der Waals surface area contributed by atoms with Crippen LogP contribution in [0.3, 0.4) is 0 Å². The van der Waals surface area contributed by atoms with Crippen molar-refractivity contribution in [3.63, 3.8) is 0 Å². The van der Waals surface area contributed by atoms with E-state index in [1.807, 2.05) is 12.1 Å². The van der Waals surface area contributed by atoms with Gasteiger partial charge in [0.15, 0.2) is 5.03 Å². The Morgan fingerprint density at radius 2 is 2.00 bits per heavy atom. The zero-order valence-corrected chi connectivity index (χ0v) is 11.7. The van der Waals surface area contributed by atoms with Gasteiger partial charge in [-0.3, -0.25) is 10.5 Å². The lowest BCUT2D eigenvalue weighted by Gasteiger charge is -2.15. The molecule has 7 heteroatoms. The van der Waals surface area contributed by atoms with E-state index in [0.29, 0.717) is 10.6 Å². The molecular weight excluding hydrogens is 262 g/mol. The number of amides is 1. The van der Waals surface area contributed by atoms with Gasteiger partial charge in [-0.25, -0.2) is 4.98 Å². The smallest absolute Gasteiger partial charge is 0.289 e. The molecular formula is C12H14N5OS+. The van der Waals surface area contributed by atoms with Crippen LogP contribution in [0, 0.1) is 22.7 Å². The second-order valence-electron chi connectivity index (χ2n) is 4.06. The zero-order valence-electron chi connectivity index (χ0n) is 10.9. The molecule has 0 saturated carbocycles. The summed E-state index contributed by atoms with van der Waals surface area (Å²) in [6, 6.07) is 5.30. The number of H-pyrrole nitrogens is 1. The van der Waals surface area contributed by atoms with Crippen LogP contribution in [0.25, 0.3) is 0 Å². The summed E-state index contributed by atoms with van der Waals surface area (Å²) in [7, 11) is 3.34. The molecule has 0 aliphatic rings. The van der Waals surface area contributed by atoms with Crippen molar-refractivity contribution in [3.05, 3.63) is 17.2 Å². The molecule has 1 atom stereocenters. The first-order chi connectivity index (χ1) is 8.90. The third-order valence-corrected chi connectivity index (χ3v) is 3.51. The van der Waals surface area contributed by atoms with Gasteiger partial charge in [-0.15, -0.1) is 0 Å².